The number of carbonyl (C=O) groups is 1. The maximum Gasteiger partial charge on any atom is 0.259 e. The zero-order valence-electron chi connectivity index (χ0n) is 17.7. The molecule has 2 aromatic heterocycles. The van der Waals surface area contributed by atoms with E-state index in [4.69, 9.17) is 15.2 Å². The number of fused-ring (bicyclic) bond motifs is 2. The van der Waals surface area contributed by atoms with Gasteiger partial charge in [-0.25, -0.2) is 13.8 Å². The molecule has 1 amide bonds. The molecule has 0 radical (unpaired) electrons. The molecule has 0 saturated carbocycles. The summed E-state index contributed by atoms with van der Waals surface area (Å²) in [7, 11) is 0. The molecule has 3 heterocycles. The Hall–Kier alpha value is -3.23. The van der Waals surface area contributed by atoms with E-state index in [0.717, 1.165) is 36.9 Å². The molecule has 2 aliphatic rings. The topological polar surface area (TPSA) is 97.3 Å². The number of hydrogen-bond donors (Lipinski definition) is 2. The summed E-state index contributed by atoms with van der Waals surface area (Å²) in [5.41, 5.74) is 9.34. The number of aromatic nitrogens is 2. The van der Waals surface area contributed by atoms with E-state index >= 15 is 0 Å². The van der Waals surface area contributed by atoms with Crippen LogP contribution in [-0.4, -0.2) is 35.1 Å². The minimum absolute atomic E-state index is 0.143. The highest BCUT2D eigenvalue weighted by molar-refractivity contribution is 6.08. The van der Waals surface area contributed by atoms with E-state index in [1.807, 2.05) is 11.0 Å². The smallest absolute Gasteiger partial charge is 0.259 e. The summed E-state index contributed by atoms with van der Waals surface area (Å²) in [6.45, 7) is 0.618. The fraction of sp³-hybridized carbons (Fsp3) is 0.435. The Morgan fingerprint density at radius 2 is 1.97 bits per heavy atom. The second-order valence-corrected chi connectivity index (χ2v) is 8.60. The average molecular weight is 441 g/mol. The lowest BCUT2D eigenvalue weighted by Crippen LogP contribution is -2.30. The predicted octanol–water partition coefficient (Wildman–Crippen LogP) is 4.56. The van der Waals surface area contributed by atoms with Crippen LogP contribution in [0.1, 0.15) is 53.7 Å². The van der Waals surface area contributed by atoms with Crippen molar-refractivity contribution in [3.05, 3.63) is 41.1 Å². The number of halogens is 2. The van der Waals surface area contributed by atoms with Gasteiger partial charge in [-0.1, -0.05) is 5.16 Å². The number of aryl methyl sites for hydroxylation is 2. The van der Waals surface area contributed by atoms with Gasteiger partial charge in [0, 0.05) is 37.3 Å². The number of carbonyl (C=O) groups excluding carboxylic acids is 1. The van der Waals surface area contributed by atoms with Gasteiger partial charge in [-0.15, -0.1) is 0 Å². The van der Waals surface area contributed by atoms with Crippen molar-refractivity contribution in [1.82, 2.24) is 10.1 Å². The van der Waals surface area contributed by atoms with Crippen LogP contribution in [0.3, 0.4) is 0 Å². The second kappa shape index (κ2) is 8.03. The predicted molar refractivity (Wildman–Crippen MR) is 118 cm³/mol. The Bertz CT molecular complexity index is 1180. The number of anilines is 3. The van der Waals surface area contributed by atoms with Gasteiger partial charge >= 0.3 is 0 Å². The van der Waals surface area contributed by atoms with Crippen LogP contribution in [0.5, 0.6) is 0 Å². The maximum atomic E-state index is 14.0. The molecule has 3 aromatic rings. The molecule has 9 heteroatoms. The van der Waals surface area contributed by atoms with Crippen LogP contribution in [0.15, 0.2) is 28.8 Å². The van der Waals surface area contributed by atoms with E-state index in [1.165, 1.54) is 0 Å². The number of nitrogens with zero attached hydrogens (tertiary/aromatic N) is 3. The van der Waals surface area contributed by atoms with Crippen LogP contribution in [0, 0.1) is 0 Å². The number of hydrogen-bond acceptors (Lipinski definition) is 6. The second-order valence-electron chi connectivity index (χ2n) is 8.60. The Labute approximate surface area is 184 Å². The zero-order chi connectivity index (χ0) is 22.3. The van der Waals surface area contributed by atoms with Crippen molar-refractivity contribution in [3.8, 4) is 0 Å². The summed E-state index contributed by atoms with van der Waals surface area (Å²) in [5, 5.41) is 7.25. The first-order valence-electron chi connectivity index (χ1n) is 11.0. The molecule has 3 N–H and O–H groups in total. The van der Waals surface area contributed by atoms with E-state index in [1.54, 1.807) is 18.2 Å². The Balaban J connectivity index is 1.49. The molecule has 0 bridgehead atoms. The number of rotatable bonds is 3. The molecule has 1 aliphatic heterocycles. The average Bonchev–Trinajstić information content (AvgIpc) is 3.04. The third-order valence-electron chi connectivity index (χ3n) is 6.30. The highest BCUT2D eigenvalue weighted by Crippen LogP contribution is 2.33. The highest BCUT2D eigenvalue weighted by Gasteiger charge is 2.33. The van der Waals surface area contributed by atoms with Gasteiger partial charge in [0.1, 0.15) is 5.82 Å². The molecule has 0 unspecified atom stereocenters. The van der Waals surface area contributed by atoms with E-state index in [9.17, 15) is 13.6 Å². The number of pyridine rings is 1. The Morgan fingerprint density at radius 1 is 1.12 bits per heavy atom. The number of benzene rings is 1. The van der Waals surface area contributed by atoms with Crippen LogP contribution in [0.25, 0.3) is 11.0 Å². The summed E-state index contributed by atoms with van der Waals surface area (Å²) >= 11 is 0. The van der Waals surface area contributed by atoms with Crippen LogP contribution in [0.4, 0.5) is 26.1 Å². The summed E-state index contributed by atoms with van der Waals surface area (Å²) in [4.78, 5) is 20.0. The number of nitrogens with one attached hydrogen (secondary N) is 1. The van der Waals surface area contributed by atoms with Crippen LogP contribution in [-0.2, 0) is 12.8 Å². The lowest BCUT2D eigenvalue weighted by molar-refractivity contribution is -0.0102. The number of nitrogen functional groups attached to an aromatic ring is 1. The first-order valence-corrected chi connectivity index (χ1v) is 11.0. The largest absolute Gasteiger partial charge is 0.380 e. The van der Waals surface area contributed by atoms with Gasteiger partial charge in [-0.05, 0) is 61.9 Å². The van der Waals surface area contributed by atoms with Crippen molar-refractivity contribution in [3.63, 3.8) is 0 Å². The maximum absolute atomic E-state index is 14.0. The van der Waals surface area contributed by atoms with E-state index in [0.29, 0.717) is 41.0 Å². The molecule has 0 spiro atoms. The van der Waals surface area contributed by atoms with Gasteiger partial charge in [0.2, 0.25) is 5.92 Å². The van der Waals surface area contributed by atoms with Crippen molar-refractivity contribution in [2.75, 3.05) is 29.0 Å². The van der Waals surface area contributed by atoms with Crippen LogP contribution >= 0.6 is 0 Å². The number of alkyl halides is 2. The molecule has 168 valence electrons. The molecule has 0 atom stereocenters. The lowest BCUT2D eigenvalue weighted by Gasteiger charge is -2.27. The third kappa shape index (κ3) is 3.99. The van der Waals surface area contributed by atoms with E-state index in [-0.39, 0.29) is 31.1 Å². The molecule has 1 aromatic carbocycles. The molecule has 1 saturated heterocycles. The number of nitrogens with two attached hydrogens (primary N) is 1. The minimum Gasteiger partial charge on any atom is -0.380 e. The molecule has 32 heavy (non-hydrogen) atoms. The van der Waals surface area contributed by atoms with Gasteiger partial charge in [-0.3, -0.25) is 4.79 Å². The summed E-state index contributed by atoms with van der Waals surface area (Å²) in [6.07, 6.45) is 3.78. The van der Waals surface area contributed by atoms with Gasteiger partial charge in [0.05, 0.1) is 10.9 Å². The van der Waals surface area contributed by atoms with Crippen molar-refractivity contribution >= 4 is 34.2 Å². The number of amides is 1. The Kier molecular flexibility index (Phi) is 5.19. The van der Waals surface area contributed by atoms with Gasteiger partial charge < -0.3 is 20.5 Å². The SMILES string of the molecule is Nc1noc2ccc(NC(=O)c3cc4c(nc3N3CCCC(F)(F)CC3)CCCC4)cc12. The van der Waals surface area contributed by atoms with Crippen molar-refractivity contribution in [2.24, 2.45) is 0 Å². The van der Waals surface area contributed by atoms with E-state index < -0.39 is 5.92 Å². The van der Waals surface area contributed by atoms with Crippen molar-refractivity contribution in [1.29, 1.82) is 0 Å². The van der Waals surface area contributed by atoms with Gasteiger partial charge in [0.25, 0.3) is 5.91 Å². The fourth-order valence-electron chi connectivity index (χ4n) is 4.54. The molecular weight excluding hydrogens is 416 g/mol. The van der Waals surface area contributed by atoms with Crippen LogP contribution in [0.2, 0.25) is 0 Å². The third-order valence-corrected chi connectivity index (χ3v) is 6.30. The molecule has 1 aliphatic carbocycles. The van der Waals surface area contributed by atoms with Crippen molar-refractivity contribution < 1.29 is 18.1 Å². The van der Waals surface area contributed by atoms with Crippen molar-refractivity contribution in [2.45, 2.75) is 50.9 Å². The first kappa shape index (κ1) is 20.7. The molecule has 5 rings (SSSR count). The first-order chi connectivity index (χ1) is 15.4. The zero-order valence-corrected chi connectivity index (χ0v) is 17.7. The standard InChI is InChI=1S/C23H25F2N5O2/c24-23(25)8-3-10-30(11-9-23)21-17(12-14-4-1-2-5-18(14)28-21)22(31)27-15-6-7-19-16(13-15)20(26)29-32-19/h6-7,12-13H,1-5,8-11H2,(H2,26,29)(H,27,31). The molecular formula is C23H25F2N5O2. The minimum atomic E-state index is -2.68. The Morgan fingerprint density at radius 3 is 2.84 bits per heavy atom. The van der Waals surface area contributed by atoms with Gasteiger partial charge in [-0.2, -0.15) is 0 Å². The fourth-order valence-corrected chi connectivity index (χ4v) is 4.54. The quantitative estimate of drug-likeness (QED) is 0.618. The van der Waals surface area contributed by atoms with Gasteiger partial charge in [0.15, 0.2) is 11.4 Å². The summed E-state index contributed by atoms with van der Waals surface area (Å²) < 4.78 is 33.0. The normalized spacial score (nSPS) is 18.2. The van der Waals surface area contributed by atoms with E-state index in [2.05, 4.69) is 10.5 Å². The lowest BCUT2D eigenvalue weighted by atomic mass is 9.94. The summed E-state index contributed by atoms with van der Waals surface area (Å²) in [5.74, 6) is -2.27. The highest BCUT2D eigenvalue weighted by atomic mass is 19.3. The molecule has 7 nitrogen and oxygen atoms in total. The molecule has 1 fully saturated rings. The van der Waals surface area contributed by atoms with Crippen LogP contribution < -0.4 is 16.0 Å². The monoisotopic (exact) mass is 441 g/mol. The summed E-state index contributed by atoms with van der Waals surface area (Å²) in [6, 6.07) is 7.00.